The largest absolute Gasteiger partial charge is 0.469 e. The second kappa shape index (κ2) is 6.48. The second-order valence-corrected chi connectivity index (χ2v) is 4.57. The summed E-state index contributed by atoms with van der Waals surface area (Å²) in [5, 5.41) is 0. The van der Waals surface area contributed by atoms with Gasteiger partial charge < -0.3 is 10.2 Å². The first kappa shape index (κ1) is 13.7. The monoisotopic (exact) mass is 265 g/mol. The van der Waals surface area contributed by atoms with Gasteiger partial charge in [0.15, 0.2) is 11.6 Å². The molecule has 2 rings (SSSR count). The third kappa shape index (κ3) is 3.64. The molecule has 0 aliphatic carbocycles. The van der Waals surface area contributed by atoms with Crippen molar-refractivity contribution in [3.8, 4) is 0 Å². The minimum absolute atomic E-state index is 0.116. The number of hydrogen-bond donors (Lipinski definition) is 1. The maximum Gasteiger partial charge on any atom is 0.159 e. The van der Waals surface area contributed by atoms with Gasteiger partial charge in [-0.3, -0.25) is 0 Å². The molecule has 4 heteroatoms. The number of hydrogen-bond acceptors (Lipinski definition) is 2. The van der Waals surface area contributed by atoms with E-state index in [-0.39, 0.29) is 5.92 Å². The molecule has 0 radical (unpaired) electrons. The first-order valence-electron chi connectivity index (χ1n) is 6.38. The van der Waals surface area contributed by atoms with Crippen LogP contribution in [-0.2, 0) is 6.42 Å². The normalized spacial score (nSPS) is 12.6. The minimum atomic E-state index is -0.818. The van der Waals surface area contributed by atoms with Crippen LogP contribution in [0.5, 0.6) is 0 Å². The number of furan rings is 1. The predicted molar refractivity (Wildman–Crippen MR) is 69.8 cm³/mol. The summed E-state index contributed by atoms with van der Waals surface area (Å²) in [4.78, 5) is 0. The molecule has 2 N–H and O–H groups in total. The van der Waals surface area contributed by atoms with Crippen LogP contribution in [0.2, 0.25) is 0 Å². The molecule has 1 aromatic heterocycles. The van der Waals surface area contributed by atoms with Crippen molar-refractivity contribution in [2.45, 2.75) is 25.2 Å². The molecule has 2 nitrogen and oxygen atoms in total. The maximum absolute atomic E-state index is 13.3. The van der Waals surface area contributed by atoms with E-state index in [2.05, 4.69) is 0 Å². The van der Waals surface area contributed by atoms with E-state index in [4.69, 9.17) is 10.2 Å². The molecule has 0 bridgehead atoms. The fourth-order valence-corrected chi connectivity index (χ4v) is 2.22. The van der Waals surface area contributed by atoms with Gasteiger partial charge in [0, 0.05) is 6.42 Å². The van der Waals surface area contributed by atoms with Crippen molar-refractivity contribution in [3.05, 3.63) is 59.6 Å². The van der Waals surface area contributed by atoms with Crippen molar-refractivity contribution < 1.29 is 13.2 Å². The van der Waals surface area contributed by atoms with Crippen LogP contribution in [0.4, 0.5) is 8.78 Å². The van der Waals surface area contributed by atoms with Crippen molar-refractivity contribution in [2.24, 2.45) is 5.73 Å². The fourth-order valence-electron chi connectivity index (χ4n) is 2.22. The Bertz CT molecular complexity index is 511. The first-order chi connectivity index (χ1) is 9.20. The Morgan fingerprint density at radius 2 is 1.95 bits per heavy atom. The van der Waals surface area contributed by atoms with E-state index < -0.39 is 11.6 Å². The third-order valence-corrected chi connectivity index (χ3v) is 3.25. The zero-order chi connectivity index (χ0) is 13.7. The summed E-state index contributed by atoms with van der Waals surface area (Å²) in [5.41, 5.74) is 6.38. The van der Waals surface area contributed by atoms with Crippen LogP contribution < -0.4 is 5.73 Å². The van der Waals surface area contributed by atoms with Gasteiger partial charge in [-0.05, 0) is 55.1 Å². The summed E-state index contributed by atoms with van der Waals surface area (Å²) in [5.74, 6) is -0.617. The molecule has 1 atom stereocenters. The van der Waals surface area contributed by atoms with Crippen molar-refractivity contribution in [1.82, 2.24) is 0 Å². The topological polar surface area (TPSA) is 39.2 Å². The van der Waals surface area contributed by atoms with Gasteiger partial charge in [0.05, 0.1) is 6.26 Å². The SMILES string of the molecule is NCCC(CCc1ccco1)c1ccc(F)c(F)c1. The predicted octanol–water partition coefficient (Wildman–Crippen LogP) is 3.62. The van der Waals surface area contributed by atoms with Crippen LogP contribution in [-0.4, -0.2) is 6.54 Å². The molecular weight excluding hydrogens is 248 g/mol. The number of rotatable bonds is 6. The lowest BCUT2D eigenvalue weighted by molar-refractivity contribution is 0.475. The molecule has 102 valence electrons. The Labute approximate surface area is 111 Å². The number of benzene rings is 1. The van der Waals surface area contributed by atoms with E-state index in [0.29, 0.717) is 6.54 Å². The van der Waals surface area contributed by atoms with Crippen molar-refractivity contribution >= 4 is 0 Å². The van der Waals surface area contributed by atoms with E-state index in [1.54, 1.807) is 12.3 Å². The molecule has 0 fully saturated rings. The van der Waals surface area contributed by atoms with Gasteiger partial charge in [-0.15, -0.1) is 0 Å². The highest BCUT2D eigenvalue weighted by atomic mass is 19.2. The number of nitrogens with two attached hydrogens (primary N) is 1. The molecule has 0 amide bonds. The number of halogens is 2. The zero-order valence-electron chi connectivity index (χ0n) is 10.6. The summed E-state index contributed by atoms with van der Waals surface area (Å²) >= 11 is 0. The quantitative estimate of drug-likeness (QED) is 0.866. The summed E-state index contributed by atoms with van der Waals surface area (Å²) in [7, 11) is 0. The Kier molecular flexibility index (Phi) is 4.68. The van der Waals surface area contributed by atoms with Crippen molar-refractivity contribution in [3.63, 3.8) is 0 Å². The summed E-state index contributed by atoms with van der Waals surface area (Å²) in [6, 6.07) is 7.80. The highest BCUT2D eigenvalue weighted by Crippen LogP contribution is 2.26. The molecule has 1 unspecified atom stereocenters. The molecule has 1 heterocycles. The molecule has 0 spiro atoms. The standard InChI is InChI=1S/C15H17F2NO/c16-14-6-4-12(10-15(14)17)11(7-8-18)3-5-13-2-1-9-19-13/h1-2,4,6,9-11H,3,5,7-8,18H2. The Morgan fingerprint density at radius 3 is 2.58 bits per heavy atom. The molecular formula is C15H17F2NO. The fraction of sp³-hybridized carbons (Fsp3) is 0.333. The van der Waals surface area contributed by atoms with Gasteiger partial charge in [0.1, 0.15) is 5.76 Å². The van der Waals surface area contributed by atoms with E-state index >= 15 is 0 Å². The van der Waals surface area contributed by atoms with Crippen LogP contribution in [0.3, 0.4) is 0 Å². The lowest BCUT2D eigenvalue weighted by atomic mass is 9.90. The molecule has 0 aliphatic heterocycles. The van der Waals surface area contributed by atoms with Crippen molar-refractivity contribution in [2.75, 3.05) is 6.54 Å². The average Bonchev–Trinajstić information content (AvgIpc) is 2.91. The van der Waals surface area contributed by atoms with Gasteiger partial charge in [-0.1, -0.05) is 6.07 Å². The third-order valence-electron chi connectivity index (χ3n) is 3.25. The second-order valence-electron chi connectivity index (χ2n) is 4.57. The van der Waals surface area contributed by atoms with Crippen LogP contribution in [0.15, 0.2) is 41.0 Å². The molecule has 19 heavy (non-hydrogen) atoms. The summed E-state index contributed by atoms with van der Waals surface area (Å²) < 4.78 is 31.5. The van der Waals surface area contributed by atoms with Crippen LogP contribution in [0.1, 0.15) is 30.1 Å². The summed E-state index contributed by atoms with van der Waals surface area (Å²) in [6.45, 7) is 0.516. The minimum Gasteiger partial charge on any atom is -0.469 e. The van der Waals surface area contributed by atoms with Gasteiger partial charge in [-0.25, -0.2) is 8.78 Å². The van der Waals surface area contributed by atoms with Crippen LogP contribution in [0.25, 0.3) is 0 Å². The summed E-state index contributed by atoms with van der Waals surface area (Å²) in [6.07, 6.45) is 3.93. The maximum atomic E-state index is 13.3. The molecule has 2 aromatic rings. The highest BCUT2D eigenvalue weighted by molar-refractivity contribution is 5.22. The van der Waals surface area contributed by atoms with Crippen molar-refractivity contribution in [1.29, 1.82) is 0 Å². The van der Waals surface area contributed by atoms with E-state index in [0.717, 1.165) is 30.6 Å². The van der Waals surface area contributed by atoms with E-state index in [1.165, 1.54) is 12.1 Å². The van der Waals surface area contributed by atoms with Crippen LogP contribution in [0, 0.1) is 11.6 Å². The van der Waals surface area contributed by atoms with Gasteiger partial charge >= 0.3 is 0 Å². The lowest BCUT2D eigenvalue weighted by Crippen LogP contribution is -2.09. The molecule has 1 aromatic carbocycles. The molecule has 0 aliphatic rings. The zero-order valence-corrected chi connectivity index (χ0v) is 10.6. The smallest absolute Gasteiger partial charge is 0.159 e. The van der Waals surface area contributed by atoms with Gasteiger partial charge in [0.2, 0.25) is 0 Å². The lowest BCUT2D eigenvalue weighted by Gasteiger charge is -2.16. The number of aryl methyl sites for hydroxylation is 1. The Balaban J connectivity index is 2.07. The highest BCUT2D eigenvalue weighted by Gasteiger charge is 2.14. The Morgan fingerprint density at radius 1 is 1.11 bits per heavy atom. The average molecular weight is 265 g/mol. The van der Waals surface area contributed by atoms with Gasteiger partial charge in [0.25, 0.3) is 0 Å². The molecule has 0 saturated carbocycles. The Hall–Kier alpha value is -1.68. The van der Waals surface area contributed by atoms with Crippen LogP contribution >= 0.6 is 0 Å². The van der Waals surface area contributed by atoms with E-state index in [9.17, 15) is 8.78 Å². The van der Waals surface area contributed by atoms with E-state index in [1.807, 2.05) is 12.1 Å². The first-order valence-corrected chi connectivity index (χ1v) is 6.38. The van der Waals surface area contributed by atoms with Gasteiger partial charge in [-0.2, -0.15) is 0 Å². The molecule has 0 saturated heterocycles.